The first-order valence-electron chi connectivity index (χ1n) is 6.68. The molecule has 0 saturated heterocycles. The van der Waals surface area contributed by atoms with Crippen molar-refractivity contribution in [3.05, 3.63) is 59.8 Å². The molecule has 7 heteroatoms. The van der Waals surface area contributed by atoms with Gasteiger partial charge in [0, 0.05) is 11.8 Å². The van der Waals surface area contributed by atoms with Gasteiger partial charge in [0.05, 0.1) is 6.54 Å². The first kappa shape index (κ1) is 14.0. The SMILES string of the molecule is O=C(CO)c1ccc(Cn2nnc(-c3ccccn3)n2)cc1. The van der Waals surface area contributed by atoms with Crippen molar-refractivity contribution >= 4 is 5.78 Å². The van der Waals surface area contributed by atoms with Crippen LogP contribution in [0.2, 0.25) is 0 Å². The highest BCUT2D eigenvalue weighted by Gasteiger charge is 2.08. The zero-order valence-electron chi connectivity index (χ0n) is 11.6. The maximum absolute atomic E-state index is 11.3. The first-order valence-corrected chi connectivity index (χ1v) is 6.68. The lowest BCUT2D eigenvalue weighted by molar-refractivity contribution is 0.0903. The number of benzene rings is 1. The largest absolute Gasteiger partial charge is 0.388 e. The van der Waals surface area contributed by atoms with E-state index in [4.69, 9.17) is 5.11 Å². The number of carbonyl (C=O) groups excluding carboxylic acids is 1. The number of ketones is 1. The number of rotatable bonds is 5. The number of aromatic nitrogens is 5. The summed E-state index contributed by atoms with van der Waals surface area (Å²) in [5.41, 5.74) is 2.07. The Morgan fingerprint density at radius 3 is 2.64 bits per heavy atom. The van der Waals surface area contributed by atoms with Gasteiger partial charge in [-0.25, -0.2) is 0 Å². The van der Waals surface area contributed by atoms with Crippen LogP contribution in [0, 0.1) is 0 Å². The summed E-state index contributed by atoms with van der Waals surface area (Å²) in [4.78, 5) is 17.0. The number of hydrogen-bond donors (Lipinski definition) is 1. The molecular weight excluding hydrogens is 282 g/mol. The van der Waals surface area contributed by atoms with Crippen LogP contribution in [0.1, 0.15) is 15.9 Å². The summed E-state index contributed by atoms with van der Waals surface area (Å²) in [6, 6.07) is 12.4. The molecule has 3 rings (SSSR count). The lowest BCUT2D eigenvalue weighted by Gasteiger charge is -2.01. The summed E-state index contributed by atoms with van der Waals surface area (Å²) < 4.78 is 0. The van der Waals surface area contributed by atoms with Crippen molar-refractivity contribution < 1.29 is 9.90 Å². The van der Waals surface area contributed by atoms with Gasteiger partial charge in [-0.1, -0.05) is 30.3 Å². The molecule has 1 N–H and O–H groups in total. The number of pyridine rings is 1. The highest BCUT2D eigenvalue weighted by Crippen LogP contribution is 2.10. The molecule has 2 heterocycles. The maximum Gasteiger partial charge on any atom is 0.223 e. The molecule has 0 radical (unpaired) electrons. The molecular formula is C15H13N5O2. The molecule has 0 spiro atoms. The lowest BCUT2D eigenvalue weighted by Crippen LogP contribution is -2.06. The second-order valence-electron chi connectivity index (χ2n) is 4.64. The smallest absolute Gasteiger partial charge is 0.223 e. The Morgan fingerprint density at radius 1 is 1.14 bits per heavy atom. The zero-order valence-corrected chi connectivity index (χ0v) is 11.6. The van der Waals surface area contributed by atoms with Crippen LogP contribution < -0.4 is 0 Å². The predicted molar refractivity (Wildman–Crippen MR) is 78.0 cm³/mol. The number of tetrazole rings is 1. The molecule has 7 nitrogen and oxygen atoms in total. The van der Waals surface area contributed by atoms with Crippen molar-refractivity contribution in [2.75, 3.05) is 6.61 Å². The quantitative estimate of drug-likeness (QED) is 0.705. The Hall–Kier alpha value is -2.93. The molecule has 22 heavy (non-hydrogen) atoms. The van der Waals surface area contributed by atoms with E-state index in [1.165, 1.54) is 4.80 Å². The minimum absolute atomic E-state index is 0.303. The zero-order chi connectivity index (χ0) is 15.4. The number of aliphatic hydroxyl groups excluding tert-OH is 1. The van der Waals surface area contributed by atoms with E-state index >= 15 is 0 Å². The van der Waals surface area contributed by atoms with E-state index in [1.807, 2.05) is 18.2 Å². The number of aliphatic hydroxyl groups is 1. The number of hydrogen-bond acceptors (Lipinski definition) is 6. The van der Waals surface area contributed by atoms with Crippen molar-refractivity contribution in [1.82, 2.24) is 25.2 Å². The third kappa shape index (κ3) is 3.04. The molecule has 0 aliphatic heterocycles. The van der Waals surface area contributed by atoms with E-state index in [2.05, 4.69) is 20.4 Å². The van der Waals surface area contributed by atoms with E-state index in [1.54, 1.807) is 30.5 Å². The lowest BCUT2D eigenvalue weighted by atomic mass is 10.1. The van der Waals surface area contributed by atoms with Crippen LogP contribution in [0.25, 0.3) is 11.5 Å². The highest BCUT2D eigenvalue weighted by atomic mass is 16.3. The molecule has 3 aromatic rings. The van der Waals surface area contributed by atoms with Crippen LogP contribution in [0.15, 0.2) is 48.7 Å². The molecule has 0 saturated carbocycles. The van der Waals surface area contributed by atoms with Crippen LogP contribution in [0.5, 0.6) is 0 Å². The minimum atomic E-state index is -0.489. The van der Waals surface area contributed by atoms with Crippen LogP contribution in [0.3, 0.4) is 0 Å². The van der Waals surface area contributed by atoms with E-state index in [9.17, 15) is 4.79 Å². The van der Waals surface area contributed by atoms with Gasteiger partial charge in [-0.2, -0.15) is 4.80 Å². The van der Waals surface area contributed by atoms with Crippen molar-refractivity contribution in [3.8, 4) is 11.5 Å². The van der Waals surface area contributed by atoms with Crippen molar-refractivity contribution in [2.45, 2.75) is 6.54 Å². The molecule has 0 bridgehead atoms. The second kappa shape index (κ2) is 6.23. The molecule has 0 aliphatic rings. The third-order valence-corrected chi connectivity index (χ3v) is 3.09. The summed E-state index contributed by atoms with van der Waals surface area (Å²) in [6.45, 7) is -0.0508. The Kier molecular flexibility index (Phi) is 3.97. The highest BCUT2D eigenvalue weighted by molar-refractivity contribution is 5.96. The Balaban J connectivity index is 1.74. The van der Waals surface area contributed by atoms with Crippen LogP contribution in [-0.2, 0) is 6.54 Å². The van der Waals surface area contributed by atoms with Gasteiger partial charge in [-0.15, -0.1) is 10.2 Å². The van der Waals surface area contributed by atoms with Gasteiger partial charge >= 0.3 is 0 Å². The van der Waals surface area contributed by atoms with Gasteiger partial charge in [0.2, 0.25) is 5.82 Å². The molecule has 0 atom stereocenters. The number of carbonyl (C=O) groups is 1. The number of Topliss-reactive ketones (excluding diaryl/α,β-unsaturated/α-hetero) is 1. The monoisotopic (exact) mass is 295 g/mol. The van der Waals surface area contributed by atoms with E-state index < -0.39 is 6.61 Å². The van der Waals surface area contributed by atoms with Gasteiger partial charge in [-0.05, 0) is 22.9 Å². The maximum atomic E-state index is 11.3. The number of nitrogens with zero attached hydrogens (tertiary/aromatic N) is 5. The predicted octanol–water partition coefficient (Wildman–Crippen LogP) is 0.958. The van der Waals surface area contributed by atoms with Gasteiger partial charge in [0.1, 0.15) is 12.3 Å². The van der Waals surface area contributed by atoms with Gasteiger partial charge in [-0.3, -0.25) is 9.78 Å². The average Bonchev–Trinajstić information content (AvgIpc) is 3.04. The second-order valence-corrected chi connectivity index (χ2v) is 4.64. The molecule has 0 fully saturated rings. The molecule has 1 aromatic carbocycles. The van der Waals surface area contributed by atoms with Crippen LogP contribution in [-0.4, -0.2) is 42.7 Å². The van der Waals surface area contributed by atoms with E-state index in [0.717, 1.165) is 5.56 Å². The normalized spacial score (nSPS) is 10.6. The summed E-state index contributed by atoms with van der Waals surface area (Å²) in [5.74, 6) is 0.163. The van der Waals surface area contributed by atoms with Crippen molar-refractivity contribution in [2.24, 2.45) is 0 Å². The molecule has 0 aliphatic carbocycles. The first-order chi connectivity index (χ1) is 10.8. The Bertz CT molecular complexity index is 768. The van der Waals surface area contributed by atoms with Crippen LogP contribution in [0.4, 0.5) is 0 Å². The van der Waals surface area contributed by atoms with E-state index in [-0.39, 0.29) is 5.78 Å². The Morgan fingerprint density at radius 2 is 1.95 bits per heavy atom. The fraction of sp³-hybridized carbons (Fsp3) is 0.133. The van der Waals surface area contributed by atoms with Gasteiger partial charge in [0.25, 0.3) is 0 Å². The van der Waals surface area contributed by atoms with E-state index in [0.29, 0.717) is 23.6 Å². The Labute approximate surface area is 126 Å². The van der Waals surface area contributed by atoms with Crippen molar-refractivity contribution in [1.29, 1.82) is 0 Å². The fourth-order valence-corrected chi connectivity index (χ4v) is 1.96. The van der Waals surface area contributed by atoms with Crippen molar-refractivity contribution in [3.63, 3.8) is 0 Å². The van der Waals surface area contributed by atoms with Crippen LogP contribution >= 0.6 is 0 Å². The average molecular weight is 295 g/mol. The molecule has 2 aromatic heterocycles. The topological polar surface area (TPSA) is 93.8 Å². The minimum Gasteiger partial charge on any atom is -0.388 e. The van der Waals surface area contributed by atoms with Gasteiger partial charge < -0.3 is 5.11 Å². The van der Waals surface area contributed by atoms with Gasteiger partial charge in [0.15, 0.2) is 5.78 Å². The fourth-order valence-electron chi connectivity index (χ4n) is 1.96. The molecule has 0 amide bonds. The third-order valence-electron chi connectivity index (χ3n) is 3.09. The molecule has 110 valence electrons. The summed E-state index contributed by atoms with van der Waals surface area (Å²) in [5, 5.41) is 21.1. The summed E-state index contributed by atoms with van der Waals surface area (Å²) in [6.07, 6.45) is 1.67. The summed E-state index contributed by atoms with van der Waals surface area (Å²) in [7, 11) is 0. The standard InChI is InChI=1S/C15H13N5O2/c21-10-14(22)12-6-4-11(5-7-12)9-20-18-15(17-19-20)13-3-1-2-8-16-13/h1-8,21H,9-10H2. The molecule has 0 unspecified atom stereocenters. The summed E-state index contributed by atoms with van der Waals surface area (Å²) >= 11 is 0.